The van der Waals surface area contributed by atoms with E-state index in [-0.39, 0.29) is 0 Å². The maximum absolute atomic E-state index is 5.04. The molecule has 2 rings (SSSR count). The van der Waals surface area contributed by atoms with Crippen LogP contribution in [-0.2, 0) is 7.05 Å². The Labute approximate surface area is 152 Å². The van der Waals surface area contributed by atoms with Gasteiger partial charge in [-0.2, -0.15) is 0 Å². The van der Waals surface area contributed by atoms with E-state index in [9.17, 15) is 0 Å². The molecule has 0 unspecified atom stereocenters. The summed E-state index contributed by atoms with van der Waals surface area (Å²) in [5, 5.41) is 5.93. The van der Waals surface area contributed by atoms with Gasteiger partial charge in [0.05, 0.1) is 0 Å². The van der Waals surface area contributed by atoms with Crippen molar-refractivity contribution in [3.8, 4) is 0 Å². The molecule has 0 aliphatic rings. The van der Waals surface area contributed by atoms with Crippen LogP contribution in [0.15, 0.2) is 12.3 Å². The van der Waals surface area contributed by atoms with Gasteiger partial charge in [-0.15, -0.1) is 0 Å². The van der Waals surface area contributed by atoms with Crippen LogP contribution in [0.25, 0.3) is 10.9 Å². The summed E-state index contributed by atoms with van der Waals surface area (Å²) in [6, 6.07) is 2.44. The number of fused-ring (bicyclic) bond motifs is 1. The Hall–Kier alpha value is -0.581. The molecule has 0 atom stereocenters. The molecule has 0 aliphatic carbocycles. The quantitative estimate of drug-likeness (QED) is 0.472. The Bertz CT molecular complexity index is 626. The van der Waals surface area contributed by atoms with Gasteiger partial charge in [0.1, 0.15) is 0 Å². The van der Waals surface area contributed by atoms with Gasteiger partial charge in [-0.1, -0.05) is 0 Å². The first kappa shape index (κ1) is 19.7. The fourth-order valence-corrected chi connectivity index (χ4v) is 19.3. The summed E-state index contributed by atoms with van der Waals surface area (Å²) in [5.74, 6) is 0. The molecule has 0 fully saturated rings. The van der Waals surface area contributed by atoms with Gasteiger partial charge in [0, 0.05) is 0 Å². The van der Waals surface area contributed by atoms with E-state index in [1.165, 1.54) is 66.4 Å². The van der Waals surface area contributed by atoms with Gasteiger partial charge in [0.15, 0.2) is 0 Å². The van der Waals surface area contributed by atoms with Crippen LogP contribution in [0.2, 0.25) is 13.3 Å². The van der Waals surface area contributed by atoms with Gasteiger partial charge in [-0.25, -0.2) is 0 Å². The van der Waals surface area contributed by atoms with Gasteiger partial charge in [-0.3, -0.25) is 0 Å². The van der Waals surface area contributed by atoms with Crippen molar-refractivity contribution in [2.75, 3.05) is 0 Å². The molecule has 0 bridgehead atoms. The number of pyridine rings is 1. The van der Waals surface area contributed by atoms with Gasteiger partial charge < -0.3 is 0 Å². The first-order valence-electron chi connectivity index (χ1n) is 9.87. The summed E-state index contributed by atoms with van der Waals surface area (Å²) in [4.78, 5) is 5.04. The molecule has 0 aliphatic heterocycles. The number of hydrogen-bond acceptors (Lipinski definition) is 2. The zero-order valence-electron chi connectivity index (χ0n) is 16.4. The second kappa shape index (κ2) is 9.21. The third-order valence-electron chi connectivity index (χ3n) is 5.49. The van der Waals surface area contributed by atoms with E-state index in [2.05, 4.69) is 45.1 Å². The van der Waals surface area contributed by atoms with E-state index < -0.39 is 18.4 Å². The van der Waals surface area contributed by atoms with Gasteiger partial charge >= 0.3 is 152 Å². The van der Waals surface area contributed by atoms with Gasteiger partial charge in [0.2, 0.25) is 0 Å². The van der Waals surface area contributed by atoms with Crippen LogP contribution in [0.4, 0.5) is 0 Å². The number of unbranched alkanes of at least 4 members (excludes halogenated alkanes) is 3. The summed E-state index contributed by atoms with van der Waals surface area (Å²) >= 11 is -2.42. The van der Waals surface area contributed by atoms with Crippen molar-refractivity contribution in [3.05, 3.63) is 18.0 Å². The number of aromatic nitrogens is 3. The van der Waals surface area contributed by atoms with Crippen molar-refractivity contribution in [2.45, 2.75) is 79.5 Å². The predicted molar refractivity (Wildman–Crippen MR) is 108 cm³/mol. The third kappa shape index (κ3) is 4.33. The second-order valence-corrected chi connectivity index (χ2v) is 20.4. The standard InChI is InChI=1S/C8H8N3.3C4H9.Sn/c1-6-7-3-4-9-5-8(7)11(2)10-6;3*1-3-4-2;/h3,5H,1-2H3;3*1,3-4H2,2H3;. The molecule has 0 aromatic carbocycles. The monoisotopic (exact) mass is 437 g/mol. The third-order valence-corrected chi connectivity index (χ3v) is 20.6. The van der Waals surface area contributed by atoms with E-state index in [4.69, 9.17) is 4.98 Å². The molecule has 0 saturated carbocycles. The molecule has 0 amide bonds. The van der Waals surface area contributed by atoms with Crippen LogP contribution in [0.5, 0.6) is 0 Å². The summed E-state index contributed by atoms with van der Waals surface area (Å²) in [5.41, 5.74) is 2.33. The molecule has 0 spiro atoms. The Morgan fingerprint density at radius 3 is 2.00 bits per heavy atom. The summed E-state index contributed by atoms with van der Waals surface area (Å²) in [7, 11) is 2.03. The number of rotatable bonds is 10. The first-order chi connectivity index (χ1) is 11.6. The molecule has 134 valence electrons. The number of aryl methyl sites for hydroxylation is 2. The Morgan fingerprint density at radius 1 is 0.958 bits per heavy atom. The van der Waals surface area contributed by atoms with Crippen molar-refractivity contribution >= 4 is 33.0 Å². The molecule has 3 nitrogen and oxygen atoms in total. The summed E-state index contributed by atoms with van der Waals surface area (Å²) < 4.78 is 7.92. The molecule has 2 heterocycles. The number of nitrogens with zero attached hydrogens (tertiary/aromatic N) is 3. The van der Waals surface area contributed by atoms with E-state index >= 15 is 0 Å². The minimum absolute atomic E-state index is 1.15. The van der Waals surface area contributed by atoms with Crippen LogP contribution < -0.4 is 3.71 Å². The average molecular weight is 436 g/mol. The van der Waals surface area contributed by atoms with E-state index in [1.807, 2.05) is 11.7 Å². The number of hydrogen-bond donors (Lipinski definition) is 0. The van der Waals surface area contributed by atoms with Crippen molar-refractivity contribution in [3.63, 3.8) is 0 Å². The van der Waals surface area contributed by atoms with Crippen LogP contribution in [0.3, 0.4) is 0 Å². The Balaban J connectivity index is 2.47. The van der Waals surface area contributed by atoms with Gasteiger partial charge in [-0.05, 0) is 0 Å². The molecular weight excluding hydrogens is 401 g/mol. The fraction of sp³-hybridized carbons (Fsp3) is 0.700. The molecule has 0 N–H and O–H groups in total. The predicted octanol–water partition coefficient (Wildman–Crippen LogP) is 5.33. The molecule has 2 aromatic rings. The van der Waals surface area contributed by atoms with E-state index in [0.29, 0.717) is 0 Å². The average Bonchev–Trinajstić information content (AvgIpc) is 2.88. The van der Waals surface area contributed by atoms with Crippen molar-refractivity contribution in [1.82, 2.24) is 14.8 Å². The first-order valence-corrected chi connectivity index (χ1v) is 17.4. The zero-order chi connectivity index (χ0) is 17.6. The van der Waals surface area contributed by atoms with Crippen molar-refractivity contribution in [2.24, 2.45) is 7.05 Å². The SMILES string of the molecule is CCC[CH2][Sn]([CH2]CCC)([CH2]CCC)[c]1cc2c(C)nn(C)c2cn1. The fourth-order valence-electron chi connectivity index (χ4n) is 3.92. The maximum atomic E-state index is 5.04. The Morgan fingerprint density at radius 2 is 1.50 bits per heavy atom. The molecular formula is C20H35N3Sn. The zero-order valence-corrected chi connectivity index (χ0v) is 19.2. The van der Waals surface area contributed by atoms with Crippen LogP contribution in [0.1, 0.15) is 65.0 Å². The van der Waals surface area contributed by atoms with Crippen LogP contribution in [-0.4, -0.2) is 33.1 Å². The van der Waals surface area contributed by atoms with Gasteiger partial charge in [0.25, 0.3) is 0 Å². The molecule has 24 heavy (non-hydrogen) atoms. The van der Waals surface area contributed by atoms with Crippen molar-refractivity contribution in [1.29, 1.82) is 0 Å². The molecule has 0 saturated heterocycles. The minimum atomic E-state index is -2.42. The summed E-state index contributed by atoms with van der Waals surface area (Å²) in [6.07, 6.45) is 10.2. The van der Waals surface area contributed by atoms with Crippen LogP contribution >= 0.6 is 0 Å². The summed E-state index contributed by atoms with van der Waals surface area (Å²) in [6.45, 7) is 9.13. The normalized spacial score (nSPS) is 12.2. The van der Waals surface area contributed by atoms with E-state index in [1.54, 1.807) is 0 Å². The van der Waals surface area contributed by atoms with Crippen molar-refractivity contribution < 1.29 is 0 Å². The second-order valence-electron chi connectivity index (χ2n) is 7.39. The van der Waals surface area contributed by atoms with E-state index in [0.717, 1.165) is 5.69 Å². The topological polar surface area (TPSA) is 30.7 Å². The molecule has 0 radical (unpaired) electrons. The molecule has 2 aromatic heterocycles. The Kier molecular flexibility index (Phi) is 7.57. The van der Waals surface area contributed by atoms with Crippen LogP contribution in [0, 0.1) is 6.92 Å². The molecule has 4 heteroatoms.